The van der Waals surface area contributed by atoms with E-state index in [1.165, 1.54) is 18.2 Å². The first-order chi connectivity index (χ1) is 9.13. The van der Waals surface area contributed by atoms with Crippen molar-refractivity contribution in [1.82, 2.24) is 10.6 Å². The predicted molar refractivity (Wildman–Crippen MR) is 69.2 cm³/mol. The van der Waals surface area contributed by atoms with Gasteiger partial charge in [0.25, 0.3) is 0 Å². The molecule has 2 rings (SSSR count). The summed E-state index contributed by atoms with van der Waals surface area (Å²) in [4.78, 5) is 22.9. The fourth-order valence-electron chi connectivity index (χ4n) is 1.99. The van der Waals surface area contributed by atoms with Crippen LogP contribution in [0.25, 0.3) is 0 Å². The molecule has 1 heterocycles. The molecule has 0 unspecified atom stereocenters. The van der Waals surface area contributed by atoms with Gasteiger partial charge in [-0.1, -0.05) is 6.07 Å². The maximum atomic E-state index is 13.0. The van der Waals surface area contributed by atoms with Crippen LogP contribution in [0.2, 0.25) is 0 Å². The quantitative estimate of drug-likeness (QED) is 0.760. The van der Waals surface area contributed by atoms with Crippen molar-refractivity contribution in [2.24, 2.45) is 0 Å². The zero-order valence-corrected chi connectivity index (χ0v) is 10.4. The van der Waals surface area contributed by atoms with Gasteiger partial charge in [0, 0.05) is 24.7 Å². The summed E-state index contributed by atoms with van der Waals surface area (Å²) in [5.74, 6) is -0.392. The monoisotopic (exact) mass is 265 g/mol. The standard InChI is InChI=1S/C13H16FN3O2/c14-9-2-1-3-11(8-9)17-13(19)16-10-4-5-12(18)15-7-6-10/h1-3,8,10H,4-7H2,(H,15,18)(H2,16,17,19)/t10-/m1/s1. The molecule has 6 heteroatoms. The topological polar surface area (TPSA) is 70.2 Å². The molecule has 19 heavy (non-hydrogen) atoms. The van der Waals surface area contributed by atoms with E-state index >= 15 is 0 Å². The van der Waals surface area contributed by atoms with E-state index in [-0.39, 0.29) is 18.0 Å². The van der Waals surface area contributed by atoms with Crippen LogP contribution in [0, 0.1) is 5.82 Å². The number of hydrogen-bond acceptors (Lipinski definition) is 2. The minimum Gasteiger partial charge on any atom is -0.356 e. The molecule has 1 atom stereocenters. The number of nitrogens with one attached hydrogen (secondary N) is 3. The van der Waals surface area contributed by atoms with Crippen LogP contribution in [0.3, 0.4) is 0 Å². The number of urea groups is 1. The van der Waals surface area contributed by atoms with E-state index in [0.717, 1.165) is 0 Å². The molecule has 5 nitrogen and oxygen atoms in total. The third-order valence-electron chi connectivity index (χ3n) is 2.95. The SMILES string of the molecule is O=C1CC[C@@H](NC(=O)Nc2cccc(F)c2)CCN1. The molecule has 102 valence electrons. The lowest BCUT2D eigenvalue weighted by atomic mass is 10.1. The number of carbonyl (C=O) groups excluding carboxylic acids is 2. The number of hydrogen-bond donors (Lipinski definition) is 3. The molecule has 1 aliphatic rings. The first-order valence-corrected chi connectivity index (χ1v) is 6.23. The van der Waals surface area contributed by atoms with Crippen molar-refractivity contribution >= 4 is 17.6 Å². The molecule has 0 spiro atoms. The second kappa shape index (κ2) is 6.17. The van der Waals surface area contributed by atoms with Crippen molar-refractivity contribution in [2.75, 3.05) is 11.9 Å². The largest absolute Gasteiger partial charge is 0.356 e. The third kappa shape index (κ3) is 4.24. The lowest BCUT2D eigenvalue weighted by molar-refractivity contribution is -0.120. The maximum absolute atomic E-state index is 13.0. The van der Waals surface area contributed by atoms with Crippen molar-refractivity contribution in [3.05, 3.63) is 30.1 Å². The number of rotatable bonds is 2. The van der Waals surface area contributed by atoms with E-state index in [2.05, 4.69) is 16.0 Å². The Morgan fingerprint density at radius 3 is 3.00 bits per heavy atom. The second-order valence-electron chi connectivity index (χ2n) is 4.48. The molecule has 1 fully saturated rings. The van der Waals surface area contributed by atoms with Crippen molar-refractivity contribution in [3.63, 3.8) is 0 Å². The molecular weight excluding hydrogens is 249 g/mol. The summed E-state index contributed by atoms with van der Waals surface area (Å²) in [7, 11) is 0. The first kappa shape index (κ1) is 13.3. The van der Waals surface area contributed by atoms with Crippen LogP contribution < -0.4 is 16.0 Å². The Bertz CT molecular complexity index is 479. The minimum atomic E-state index is -0.401. The summed E-state index contributed by atoms with van der Waals surface area (Å²) in [6.07, 6.45) is 1.72. The fourth-order valence-corrected chi connectivity index (χ4v) is 1.99. The molecule has 0 aliphatic carbocycles. The summed E-state index contributed by atoms with van der Waals surface area (Å²) in [6, 6.07) is 5.26. The second-order valence-corrected chi connectivity index (χ2v) is 4.48. The number of amides is 3. The Morgan fingerprint density at radius 1 is 1.37 bits per heavy atom. The van der Waals surface area contributed by atoms with Crippen molar-refractivity contribution in [1.29, 1.82) is 0 Å². The minimum absolute atomic E-state index is 0.00911. The van der Waals surface area contributed by atoms with E-state index in [4.69, 9.17) is 0 Å². The third-order valence-corrected chi connectivity index (χ3v) is 2.95. The van der Waals surface area contributed by atoms with Crippen LogP contribution in [0.5, 0.6) is 0 Å². The Kier molecular flexibility index (Phi) is 4.33. The molecule has 0 aromatic heterocycles. The van der Waals surface area contributed by atoms with Crippen LogP contribution in [-0.2, 0) is 4.79 Å². The molecule has 3 amide bonds. The summed E-state index contributed by atoms with van der Waals surface area (Å²) in [5.41, 5.74) is 0.403. The zero-order chi connectivity index (χ0) is 13.7. The van der Waals surface area contributed by atoms with Gasteiger partial charge in [0.2, 0.25) is 5.91 Å². The van der Waals surface area contributed by atoms with Gasteiger partial charge in [-0.3, -0.25) is 4.79 Å². The molecule has 1 aliphatic heterocycles. The van der Waals surface area contributed by atoms with E-state index < -0.39 is 5.82 Å². The highest BCUT2D eigenvalue weighted by atomic mass is 19.1. The molecule has 1 saturated heterocycles. The summed E-state index contributed by atoms with van der Waals surface area (Å²) >= 11 is 0. The number of halogens is 1. The fraction of sp³-hybridized carbons (Fsp3) is 0.385. The molecule has 3 N–H and O–H groups in total. The Labute approximate surface area is 110 Å². The van der Waals surface area contributed by atoms with E-state index in [1.54, 1.807) is 6.07 Å². The molecule has 0 bridgehead atoms. The van der Waals surface area contributed by atoms with Crippen LogP contribution >= 0.6 is 0 Å². The molecule has 0 saturated carbocycles. The van der Waals surface area contributed by atoms with Gasteiger partial charge >= 0.3 is 6.03 Å². The maximum Gasteiger partial charge on any atom is 0.319 e. The predicted octanol–water partition coefficient (Wildman–Crippen LogP) is 1.62. The Hall–Kier alpha value is -2.11. The Morgan fingerprint density at radius 2 is 2.21 bits per heavy atom. The molecule has 1 aromatic carbocycles. The van der Waals surface area contributed by atoms with Crippen molar-refractivity contribution in [2.45, 2.75) is 25.3 Å². The van der Waals surface area contributed by atoms with Gasteiger partial charge in [0.1, 0.15) is 5.82 Å². The molecule has 0 radical (unpaired) electrons. The van der Waals surface area contributed by atoms with Gasteiger partial charge in [-0.05, 0) is 31.0 Å². The van der Waals surface area contributed by atoms with Crippen molar-refractivity contribution < 1.29 is 14.0 Å². The highest BCUT2D eigenvalue weighted by Crippen LogP contribution is 2.10. The number of anilines is 1. The number of benzene rings is 1. The van der Waals surface area contributed by atoms with Crippen LogP contribution in [0.15, 0.2) is 24.3 Å². The van der Waals surface area contributed by atoms with Gasteiger partial charge in [-0.2, -0.15) is 0 Å². The van der Waals surface area contributed by atoms with Gasteiger partial charge < -0.3 is 16.0 Å². The average Bonchev–Trinajstić information content (AvgIpc) is 2.54. The zero-order valence-electron chi connectivity index (χ0n) is 10.4. The van der Waals surface area contributed by atoms with Gasteiger partial charge in [0.15, 0.2) is 0 Å². The summed E-state index contributed by atoms with van der Waals surface area (Å²) < 4.78 is 13.0. The van der Waals surface area contributed by atoms with Crippen molar-refractivity contribution in [3.8, 4) is 0 Å². The van der Waals surface area contributed by atoms with Crippen LogP contribution in [-0.4, -0.2) is 24.5 Å². The van der Waals surface area contributed by atoms with Gasteiger partial charge in [-0.25, -0.2) is 9.18 Å². The van der Waals surface area contributed by atoms with E-state index in [1.807, 2.05) is 0 Å². The average molecular weight is 265 g/mol. The van der Waals surface area contributed by atoms with E-state index in [9.17, 15) is 14.0 Å². The molecular formula is C13H16FN3O2. The van der Waals surface area contributed by atoms with Gasteiger partial charge in [0.05, 0.1) is 0 Å². The highest BCUT2D eigenvalue weighted by Gasteiger charge is 2.17. The lowest BCUT2D eigenvalue weighted by Crippen LogP contribution is -2.38. The van der Waals surface area contributed by atoms with E-state index in [0.29, 0.717) is 31.5 Å². The number of carbonyl (C=O) groups is 2. The first-order valence-electron chi connectivity index (χ1n) is 6.23. The molecule has 1 aromatic rings. The van der Waals surface area contributed by atoms with Crippen LogP contribution in [0.1, 0.15) is 19.3 Å². The van der Waals surface area contributed by atoms with Gasteiger partial charge in [-0.15, -0.1) is 0 Å². The Balaban J connectivity index is 1.85. The highest BCUT2D eigenvalue weighted by molar-refractivity contribution is 5.89. The van der Waals surface area contributed by atoms with Crippen LogP contribution in [0.4, 0.5) is 14.9 Å². The summed E-state index contributed by atoms with van der Waals surface area (Å²) in [6.45, 7) is 0.559. The lowest BCUT2D eigenvalue weighted by Gasteiger charge is -2.16. The summed E-state index contributed by atoms with van der Waals surface area (Å²) in [5, 5.41) is 8.09. The smallest absolute Gasteiger partial charge is 0.319 e. The normalized spacial score (nSPS) is 19.2.